The van der Waals surface area contributed by atoms with E-state index in [1.165, 1.54) is 53.1 Å². The summed E-state index contributed by atoms with van der Waals surface area (Å²) in [7, 11) is 4.60. The third-order valence-electron chi connectivity index (χ3n) is 4.73. The molecule has 0 aliphatic heterocycles. The molecule has 1 rings (SSSR count). The smallest absolute Gasteiger partial charge is 0.285 e. The molecular formula is C20H32F2O3. The lowest BCUT2D eigenvalue weighted by molar-refractivity contribution is -0.379. The Morgan fingerprint density at radius 1 is 0.880 bits per heavy atom. The molecular weight excluding hydrogens is 326 g/mol. The van der Waals surface area contributed by atoms with Gasteiger partial charge in [-0.05, 0) is 30.5 Å². The lowest BCUT2D eigenvalue weighted by Gasteiger charge is -2.36. The molecule has 0 aliphatic carbocycles. The van der Waals surface area contributed by atoms with Crippen LogP contribution in [-0.2, 0) is 20.6 Å². The van der Waals surface area contributed by atoms with E-state index in [9.17, 15) is 8.78 Å². The van der Waals surface area contributed by atoms with Crippen LogP contribution in [-0.4, -0.2) is 27.3 Å². The van der Waals surface area contributed by atoms with Crippen LogP contribution in [0.25, 0.3) is 0 Å². The first-order valence-corrected chi connectivity index (χ1v) is 9.12. The van der Waals surface area contributed by atoms with Gasteiger partial charge in [0.05, 0.1) is 0 Å². The van der Waals surface area contributed by atoms with Gasteiger partial charge in [0, 0.05) is 27.2 Å². The SMILES string of the molecule is CCCCCCCCC(Cc1ccc(F)c(F)c1)C(OC)(OC)OC. The Labute approximate surface area is 150 Å². The van der Waals surface area contributed by atoms with Crippen LogP contribution in [0, 0.1) is 17.6 Å². The summed E-state index contributed by atoms with van der Waals surface area (Å²) in [4.78, 5) is 0. The number of halogens is 2. The molecule has 5 heteroatoms. The van der Waals surface area contributed by atoms with Crippen molar-refractivity contribution >= 4 is 0 Å². The lowest BCUT2D eigenvalue weighted by atomic mass is 9.91. The highest BCUT2D eigenvalue weighted by atomic mass is 19.2. The minimum atomic E-state index is -1.19. The summed E-state index contributed by atoms with van der Waals surface area (Å²) in [5.41, 5.74) is 0.699. The molecule has 0 saturated heterocycles. The highest BCUT2D eigenvalue weighted by Crippen LogP contribution is 2.32. The number of hydrogen-bond acceptors (Lipinski definition) is 3. The molecule has 0 amide bonds. The van der Waals surface area contributed by atoms with Crippen LogP contribution >= 0.6 is 0 Å². The Morgan fingerprint density at radius 3 is 2.04 bits per heavy atom. The molecule has 3 nitrogen and oxygen atoms in total. The van der Waals surface area contributed by atoms with Gasteiger partial charge in [-0.1, -0.05) is 51.5 Å². The summed E-state index contributed by atoms with van der Waals surface area (Å²) in [6, 6.07) is 3.98. The third-order valence-corrected chi connectivity index (χ3v) is 4.73. The van der Waals surface area contributed by atoms with E-state index >= 15 is 0 Å². The number of unbranched alkanes of at least 4 members (excludes halogenated alkanes) is 5. The summed E-state index contributed by atoms with van der Waals surface area (Å²) in [6.07, 6.45) is 8.37. The topological polar surface area (TPSA) is 27.7 Å². The average Bonchev–Trinajstić information content (AvgIpc) is 2.62. The standard InChI is InChI=1S/C20H32F2O3/c1-5-6-7-8-9-10-11-17(20(23-2,24-3)25-4)14-16-12-13-18(21)19(22)15-16/h12-13,15,17H,5-11,14H2,1-4H3. The number of methoxy groups -OCH3 is 3. The number of benzene rings is 1. The van der Waals surface area contributed by atoms with Crippen LogP contribution in [0.4, 0.5) is 8.78 Å². The van der Waals surface area contributed by atoms with Crippen molar-refractivity contribution in [1.29, 1.82) is 0 Å². The summed E-state index contributed by atoms with van der Waals surface area (Å²) in [6.45, 7) is 2.20. The average molecular weight is 358 g/mol. The van der Waals surface area contributed by atoms with Gasteiger partial charge in [-0.3, -0.25) is 0 Å². The van der Waals surface area contributed by atoms with Crippen LogP contribution in [0.3, 0.4) is 0 Å². The van der Waals surface area contributed by atoms with Crippen molar-refractivity contribution in [2.45, 2.75) is 64.3 Å². The fraction of sp³-hybridized carbons (Fsp3) is 0.700. The van der Waals surface area contributed by atoms with Gasteiger partial charge in [0.15, 0.2) is 11.6 Å². The van der Waals surface area contributed by atoms with Gasteiger partial charge in [-0.15, -0.1) is 0 Å². The first kappa shape index (κ1) is 22.0. The van der Waals surface area contributed by atoms with E-state index in [-0.39, 0.29) is 5.92 Å². The molecule has 1 aromatic carbocycles. The van der Waals surface area contributed by atoms with E-state index in [1.54, 1.807) is 6.07 Å². The van der Waals surface area contributed by atoms with E-state index in [4.69, 9.17) is 14.2 Å². The summed E-state index contributed by atoms with van der Waals surface area (Å²) < 4.78 is 43.2. The predicted molar refractivity (Wildman–Crippen MR) is 95.3 cm³/mol. The van der Waals surface area contributed by atoms with Crippen molar-refractivity contribution < 1.29 is 23.0 Å². The Morgan fingerprint density at radius 2 is 1.48 bits per heavy atom. The van der Waals surface area contributed by atoms with Crippen molar-refractivity contribution in [1.82, 2.24) is 0 Å². The quantitative estimate of drug-likeness (QED) is 0.346. The van der Waals surface area contributed by atoms with Crippen LogP contribution in [0.5, 0.6) is 0 Å². The second-order valence-electron chi connectivity index (χ2n) is 6.42. The number of ether oxygens (including phenoxy) is 3. The van der Waals surface area contributed by atoms with Crippen LogP contribution < -0.4 is 0 Å². The maximum absolute atomic E-state index is 13.5. The first-order valence-electron chi connectivity index (χ1n) is 9.12. The van der Waals surface area contributed by atoms with Crippen LogP contribution in [0.2, 0.25) is 0 Å². The van der Waals surface area contributed by atoms with E-state index in [0.29, 0.717) is 12.0 Å². The zero-order valence-corrected chi connectivity index (χ0v) is 15.9. The number of hydrogen-bond donors (Lipinski definition) is 0. The molecule has 0 aromatic heterocycles. The van der Waals surface area contributed by atoms with Gasteiger partial charge in [-0.2, -0.15) is 0 Å². The number of rotatable bonds is 13. The fourth-order valence-electron chi connectivity index (χ4n) is 3.28. The van der Waals surface area contributed by atoms with Crippen molar-refractivity contribution in [3.05, 3.63) is 35.4 Å². The summed E-state index contributed by atoms with van der Waals surface area (Å²) in [5, 5.41) is 0. The van der Waals surface area contributed by atoms with E-state index in [0.717, 1.165) is 25.3 Å². The van der Waals surface area contributed by atoms with E-state index in [2.05, 4.69) is 6.92 Å². The minimum Gasteiger partial charge on any atom is -0.331 e. The molecule has 1 atom stereocenters. The first-order chi connectivity index (χ1) is 12.0. The molecule has 0 N–H and O–H groups in total. The Kier molecular flexibility index (Phi) is 10.2. The molecule has 0 bridgehead atoms. The second kappa shape index (κ2) is 11.6. The molecule has 0 fully saturated rings. The van der Waals surface area contributed by atoms with Gasteiger partial charge < -0.3 is 14.2 Å². The van der Waals surface area contributed by atoms with Crippen LogP contribution in [0.15, 0.2) is 18.2 Å². The van der Waals surface area contributed by atoms with E-state index < -0.39 is 17.6 Å². The van der Waals surface area contributed by atoms with Gasteiger partial charge in [0.2, 0.25) is 0 Å². The van der Waals surface area contributed by atoms with Crippen molar-refractivity contribution in [3.63, 3.8) is 0 Å². The Bertz CT molecular complexity index is 482. The van der Waals surface area contributed by atoms with Gasteiger partial charge in [0.1, 0.15) is 0 Å². The molecule has 0 heterocycles. The predicted octanol–water partition coefficient (Wildman–Crippen LogP) is 5.47. The normalized spacial score (nSPS) is 13.2. The zero-order valence-electron chi connectivity index (χ0n) is 15.9. The molecule has 0 saturated carbocycles. The summed E-state index contributed by atoms with van der Waals surface area (Å²) >= 11 is 0. The molecule has 144 valence electrons. The van der Waals surface area contributed by atoms with Crippen molar-refractivity contribution in [3.8, 4) is 0 Å². The Hall–Kier alpha value is -1.04. The van der Waals surface area contributed by atoms with E-state index in [1.807, 2.05) is 0 Å². The second-order valence-corrected chi connectivity index (χ2v) is 6.42. The highest BCUT2D eigenvalue weighted by Gasteiger charge is 2.39. The largest absolute Gasteiger partial charge is 0.331 e. The third kappa shape index (κ3) is 6.65. The maximum atomic E-state index is 13.5. The lowest BCUT2D eigenvalue weighted by Crippen LogP contribution is -2.45. The molecule has 1 unspecified atom stereocenters. The minimum absolute atomic E-state index is 0.122. The molecule has 0 radical (unpaired) electrons. The molecule has 1 aromatic rings. The van der Waals surface area contributed by atoms with Gasteiger partial charge >= 0.3 is 0 Å². The molecule has 0 spiro atoms. The maximum Gasteiger partial charge on any atom is 0.285 e. The highest BCUT2D eigenvalue weighted by molar-refractivity contribution is 5.18. The van der Waals surface area contributed by atoms with Gasteiger partial charge in [-0.25, -0.2) is 8.78 Å². The molecule has 25 heavy (non-hydrogen) atoms. The van der Waals surface area contributed by atoms with Crippen molar-refractivity contribution in [2.75, 3.05) is 21.3 Å². The molecule has 0 aliphatic rings. The zero-order chi connectivity index (χ0) is 18.7. The van der Waals surface area contributed by atoms with Gasteiger partial charge in [0.25, 0.3) is 5.97 Å². The Balaban J connectivity index is 2.78. The summed E-state index contributed by atoms with van der Waals surface area (Å²) in [5.74, 6) is -2.99. The fourth-order valence-corrected chi connectivity index (χ4v) is 3.28. The monoisotopic (exact) mass is 358 g/mol. The van der Waals surface area contributed by atoms with Crippen molar-refractivity contribution in [2.24, 2.45) is 5.92 Å². The van der Waals surface area contributed by atoms with Crippen LogP contribution in [0.1, 0.15) is 57.4 Å².